The van der Waals surface area contributed by atoms with Gasteiger partial charge in [0.15, 0.2) is 0 Å². The van der Waals surface area contributed by atoms with Gasteiger partial charge in [-0.15, -0.1) is 0 Å². The third-order valence-electron chi connectivity index (χ3n) is 2.67. The van der Waals surface area contributed by atoms with E-state index < -0.39 is 24.7 Å². The molecule has 0 radical (unpaired) electrons. The molecule has 1 rings (SSSR count). The Kier molecular flexibility index (Phi) is 7.80. The smallest absolute Gasteiger partial charge is 0.405 e. The molecule has 0 saturated heterocycles. The van der Waals surface area contributed by atoms with Crippen molar-refractivity contribution in [2.45, 2.75) is 6.18 Å². The Hall–Kier alpha value is -2.00. The number of ether oxygens (including phenoxy) is 1. The summed E-state index contributed by atoms with van der Waals surface area (Å²) in [7, 11) is 1.61. The summed E-state index contributed by atoms with van der Waals surface area (Å²) >= 11 is 5.74. The van der Waals surface area contributed by atoms with Gasteiger partial charge in [0.25, 0.3) is 0 Å². The van der Waals surface area contributed by atoms with Crippen molar-refractivity contribution < 1.29 is 27.5 Å². The molecular formula is C14H17ClF3N3O3. The standard InChI is InChI=1S/C14H17ClF3N3O3/c1-21(6-7-24-11-4-2-10(15)3-5-11)8-12(22)20-13(23)19-9-14(16,17)18/h2-5H,6-9H2,1H3,(H2,19,20,22,23). The number of urea groups is 1. The highest BCUT2D eigenvalue weighted by atomic mass is 35.5. The molecule has 0 atom stereocenters. The van der Waals surface area contributed by atoms with Gasteiger partial charge in [-0.3, -0.25) is 15.0 Å². The predicted molar refractivity (Wildman–Crippen MR) is 82.0 cm³/mol. The first-order chi connectivity index (χ1) is 11.2. The van der Waals surface area contributed by atoms with Gasteiger partial charge in [-0.05, 0) is 31.3 Å². The summed E-state index contributed by atoms with van der Waals surface area (Å²) in [5, 5.41) is 3.94. The molecule has 0 bridgehead atoms. The van der Waals surface area contributed by atoms with Gasteiger partial charge in [-0.1, -0.05) is 11.6 Å². The lowest BCUT2D eigenvalue weighted by atomic mass is 10.3. The number of hydrogen-bond acceptors (Lipinski definition) is 4. The number of nitrogens with zero attached hydrogens (tertiary/aromatic N) is 1. The fraction of sp³-hybridized carbons (Fsp3) is 0.429. The molecule has 6 nitrogen and oxygen atoms in total. The van der Waals surface area contributed by atoms with E-state index in [0.29, 0.717) is 17.3 Å². The SMILES string of the molecule is CN(CCOc1ccc(Cl)cc1)CC(=O)NC(=O)NCC(F)(F)F. The van der Waals surface area contributed by atoms with Crippen molar-refractivity contribution >= 4 is 23.5 Å². The molecule has 0 unspecified atom stereocenters. The molecule has 0 fully saturated rings. The molecule has 24 heavy (non-hydrogen) atoms. The molecule has 2 N–H and O–H groups in total. The number of rotatable bonds is 7. The summed E-state index contributed by atoms with van der Waals surface area (Å²) in [5.74, 6) is -0.104. The van der Waals surface area contributed by atoms with Gasteiger partial charge in [-0.2, -0.15) is 13.2 Å². The molecule has 0 aliphatic heterocycles. The number of nitrogens with one attached hydrogen (secondary N) is 2. The summed E-state index contributed by atoms with van der Waals surface area (Å²) < 4.78 is 41.2. The number of carbonyl (C=O) groups excluding carboxylic acids is 2. The first kappa shape index (κ1) is 20.0. The second kappa shape index (κ2) is 9.33. The quantitative estimate of drug-likeness (QED) is 0.773. The second-order valence-corrected chi connectivity index (χ2v) is 5.32. The second-order valence-electron chi connectivity index (χ2n) is 4.89. The first-order valence-corrected chi connectivity index (χ1v) is 7.25. The summed E-state index contributed by atoms with van der Waals surface area (Å²) in [5.41, 5.74) is 0. The van der Waals surface area contributed by atoms with Crippen molar-refractivity contribution in [1.82, 2.24) is 15.5 Å². The van der Waals surface area contributed by atoms with Crippen LogP contribution in [-0.4, -0.2) is 56.3 Å². The molecule has 0 heterocycles. The fourth-order valence-corrected chi connectivity index (χ4v) is 1.69. The van der Waals surface area contributed by atoms with Crippen molar-refractivity contribution in [1.29, 1.82) is 0 Å². The molecule has 0 saturated carbocycles. The highest BCUT2D eigenvalue weighted by molar-refractivity contribution is 6.30. The lowest BCUT2D eigenvalue weighted by Crippen LogP contribution is -2.46. The van der Waals surface area contributed by atoms with Crippen LogP contribution in [0.15, 0.2) is 24.3 Å². The first-order valence-electron chi connectivity index (χ1n) is 6.87. The van der Waals surface area contributed by atoms with E-state index in [4.69, 9.17) is 16.3 Å². The van der Waals surface area contributed by atoms with Crippen molar-refractivity contribution in [3.05, 3.63) is 29.3 Å². The zero-order valence-electron chi connectivity index (χ0n) is 12.8. The Morgan fingerprint density at radius 1 is 1.25 bits per heavy atom. The molecule has 1 aromatic rings. The van der Waals surface area contributed by atoms with Crippen LogP contribution in [0.5, 0.6) is 5.75 Å². The predicted octanol–water partition coefficient (Wildman–Crippen LogP) is 2.04. The molecular weight excluding hydrogens is 351 g/mol. The number of likely N-dealkylation sites (N-methyl/N-ethyl adjacent to an activating group) is 1. The van der Waals surface area contributed by atoms with E-state index in [1.54, 1.807) is 41.5 Å². The van der Waals surface area contributed by atoms with Crippen molar-refractivity contribution in [2.24, 2.45) is 0 Å². The van der Waals surface area contributed by atoms with Crippen LogP contribution < -0.4 is 15.4 Å². The summed E-state index contributed by atoms with van der Waals surface area (Å²) in [6, 6.07) is 5.55. The molecule has 0 aromatic heterocycles. The Balaban J connectivity index is 2.21. The van der Waals surface area contributed by atoms with Crippen LogP contribution >= 0.6 is 11.6 Å². The zero-order chi connectivity index (χ0) is 18.2. The van der Waals surface area contributed by atoms with Crippen LogP contribution in [0.4, 0.5) is 18.0 Å². The van der Waals surface area contributed by atoms with Crippen molar-refractivity contribution in [2.75, 3.05) is 33.3 Å². The Labute approximate surface area is 141 Å². The summed E-state index contributed by atoms with van der Waals surface area (Å²) in [6.07, 6.45) is -4.53. The van der Waals surface area contributed by atoms with Crippen LogP contribution in [0, 0.1) is 0 Å². The maximum absolute atomic E-state index is 11.9. The van der Waals surface area contributed by atoms with E-state index in [1.165, 1.54) is 0 Å². The Morgan fingerprint density at radius 3 is 2.46 bits per heavy atom. The molecule has 3 amide bonds. The van der Waals surface area contributed by atoms with Gasteiger partial charge in [0.05, 0.1) is 6.54 Å². The van der Waals surface area contributed by atoms with Gasteiger partial charge in [0, 0.05) is 11.6 Å². The Morgan fingerprint density at radius 2 is 1.88 bits per heavy atom. The van der Waals surface area contributed by atoms with Crippen LogP contribution in [0.3, 0.4) is 0 Å². The number of carbonyl (C=O) groups is 2. The van der Waals surface area contributed by atoms with Crippen molar-refractivity contribution in [3.63, 3.8) is 0 Å². The highest BCUT2D eigenvalue weighted by Crippen LogP contribution is 2.15. The van der Waals surface area contributed by atoms with Gasteiger partial charge >= 0.3 is 12.2 Å². The van der Waals surface area contributed by atoms with Crippen LogP contribution in [-0.2, 0) is 4.79 Å². The normalized spacial score (nSPS) is 11.2. The van der Waals surface area contributed by atoms with Gasteiger partial charge in [0.1, 0.15) is 18.9 Å². The van der Waals surface area contributed by atoms with Crippen molar-refractivity contribution in [3.8, 4) is 5.75 Å². The number of alkyl halides is 3. The molecule has 0 spiro atoms. The number of benzene rings is 1. The lowest BCUT2D eigenvalue weighted by molar-refractivity contribution is -0.125. The average Bonchev–Trinajstić information content (AvgIpc) is 2.46. The van der Waals surface area contributed by atoms with Gasteiger partial charge < -0.3 is 10.1 Å². The number of imide groups is 1. The third kappa shape index (κ3) is 9.21. The minimum Gasteiger partial charge on any atom is -0.492 e. The molecule has 10 heteroatoms. The van der Waals surface area contributed by atoms with Gasteiger partial charge in [0.2, 0.25) is 5.91 Å². The van der Waals surface area contributed by atoms with E-state index in [0.717, 1.165) is 0 Å². The highest BCUT2D eigenvalue weighted by Gasteiger charge is 2.28. The van der Waals surface area contributed by atoms with Crippen LogP contribution in [0.1, 0.15) is 0 Å². The molecule has 134 valence electrons. The minimum atomic E-state index is -4.53. The van der Waals surface area contributed by atoms with Gasteiger partial charge in [-0.25, -0.2) is 4.79 Å². The van der Waals surface area contributed by atoms with E-state index in [-0.39, 0.29) is 13.2 Å². The van der Waals surface area contributed by atoms with E-state index in [1.807, 2.05) is 5.32 Å². The number of amides is 3. The topological polar surface area (TPSA) is 70.7 Å². The maximum Gasteiger partial charge on any atom is 0.405 e. The molecule has 1 aromatic carbocycles. The third-order valence-corrected chi connectivity index (χ3v) is 2.92. The zero-order valence-corrected chi connectivity index (χ0v) is 13.6. The minimum absolute atomic E-state index is 0.163. The average molecular weight is 368 g/mol. The lowest BCUT2D eigenvalue weighted by Gasteiger charge is -2.16. The monoisotopic (exact) mass is 367 g/mol. The number of halogens is 4. The largest absolute Gasteiger partial charge is 0.492 e. The van der Waals surface area contributed by atoms with Crippen LogP contribution in [0.2, 0.25) is 5.02 Å². The number of hydrogen-bond donors (Lipinski definition) is 2. The Bertz CT molecular complexity index is 552. The molecule has 0 aliphatic carbocycles. The molecule has 0 aliphatic rings. The summed E-state index contributed by atoms with van der Waals surface area (Å²) in [6.45, 7) is -1.01. The fourth-order valence-electron chi connectivity index (χ4n) is 1.57. The van der Waals surface area contributed by atoms with E-state index in [2.05, 4.69) is 0 Å². The van der Waals surface area contributed by atoms with E-state index in [9.17, 15) is 22.8 Å². The van der Waals surface area contributed by atoms with E-state index >= 15 is 0 Å². The maximum atomic E-state index is 11.9. The summed E-state index contributed by atoms with van der Waals surface area (Å²) in [4.78, 5) is 24.2. The van der Waals surface area contributed by atoms with Crippen LogP contribution in [0.25, 0.3) is 0 Å².